The Hall–Kier alpha value is -0.200. The van der Waals surface area contributed by atoms with Crippen LogP contribution < -0.4 is 0 Å². The minimum Gasteiger partial charge on any atom is -0.391 e. The van der Waals surface area contributed by atoms with Crippen molar-refractivity contribution in [3.8, 4) is 0 Å². The lowest BCUT2D eigenvalue weighted by Crippen LogP contribution is -2.37. The molecule has 0 radical (unpaired) electrons. The monoisotopic (exact) mass is 474 g/mol. The third-order valence-corrected chi connectivity index (χ3v) is 6.17. The second-order valence-corrected chi connectivity index (χ2v) is 11.0. The number of quaternary nitrogens is 1. The standard InChI is InChI=1S/C28H60NO4/c1-7-8-9-10-11-12-13-14-15-16-17-18-19-20-28(27(3)30)33-26(2)25-32-24-23-31-22-21-29(4,5)6/h26-28,30H,7-25H2,1-6H3/q+1. The van der Waals surface area contributed by atoms with E-state index in [-0.39, 0.29) is 12.2 Å². The molecule has 0 fully saturated rings. The van der Waals surface area contributed by atoms with Crippen LogP contribution in [0.2, 0.25) is 0 Å². The number of likely N-dealkylation sites (N-methyl/N-ethyl adjacent to an activating group) is 1. The summed E-state index contributed by atoms with van der Waals surface area (Å²) >= 11 is 0. The van der Waals surface area contributed by atoms with Crippen LogP contribution in [0.1, 0.15) is 111 Å². The molecule has 0 heterocycles. The number of aliphatic hydroxyl groups excluding tert-OH is 1. The minimum absolute atomic E-state index is 0.0159. The van der Waals surface area contributed by atoms with Crippen molar-refractivity contribution in [3.05, 3.63) is 0 Å². The van der Waals surface area contributed by atoms with Crippen LogP contribution in [0, 0.1) is 0 Å². The Balaban J connectivity index is 3.62. The molecule has 0 saturated carbocycles. The van der Waals surface area contributed by atoms with E-state index in [9.17, 15) is 5.11 Å². The quantitative estimate of drug-likeness (QED) is 0.123. The molecule has 3 atom stereocenters. The molecule has 0 aliphatic carbocycles. The second-order valence-electron chi connectivity index (χ2n) is 11.0. The fraction of sp³-hybridized carbons (Fsp3) is 1.00. The van der Waals surface area contributed by atoms with E-state index >= 15 is 0 Å². The number of aliphatic hydroxyl groups is 1. The molecule has 0 aromatic rings. The van der Waals surface area contributed by atoms with Crippen LogP contribution in [0.4, 0.5) is 0 Å². The summed E-state index contributed by atoms with van der Waals surface area (Å²) in [6.45, 7) is 9.63. The Labute approximate surface area is 207 Å². The molecule has 0 spiro atoms. The fourth-order valence-electron chi connectivity index (χ4n) is 3.93. The lowest BCUT2D eigenvalue weighted by molar-refractivity contribution is -0.870. The summed E-state index contributed by atoms with van der Waals surface area (Å²) in [6.07, 6.45) is 18.0. The van der Waals surface area contributed by atoms with Gasteiger partial charge in [0.15, 0.2) is 0 Å². The summed E-state index contributed by atoms with van der Waals surface area (Å²) < 4.78 is 18.3. The molecule has 0 aliphatic rings. The molecular formula is C28H60NO4+. The van der Waals surface area contributed by atoms with Crippen molar-refractivity contribution >= 4 is 0 Å². The summed E-state index contributed by atoms with van der Waals surface area (Å²) in [5, 5.41) is 10.1. The molecular weight excluding hydrogens is 414 g/mol. The van der Waals surface area contributed by atoms with Crippen molar-refractivity contribution in [3.63, 3.8) is 0 Å². The van der Waals surface area contributed by atoms with Gasteiger partial charge in [-0.1, -0.05) is 90.4 Å². The molecule has 0 bridgehead atoms. The van der Waals surface area contributed by atoms with Gasteiger partial charge in [-0.2, -0.15) is 0 Å². The summed E-state index contributed by atoms with van der Waals surface area (Å²) in [5.74, 6) is 0. The van der Waals surface area contributed by atoms with Crippen molar-refractivity contribution < 1.29 is 23.8 Å². The first-order valence-corrected chi connectivity index (χ1v) is 14.1. The number of unbranched alkanes of at least 4 members (excludes halogenated alkanes) is 12. The minimum atomic E-state index is -0.441. The molecule has 0 saturated heterocycles. The molecule has 3 unspecified atom stereocenters. The highest BCUT2D eigenvalue weighted by Crippen LogP contribution is 2.16. The van der Waals surface area contributed by atoms with Gasteiger partial charge in [0.1, 0.15) is 6.54 Å². The maximum atomic E-state index is 10.1. The maximum absolute atomic E-state index is 10.1. The highest BCUT2D eigenvalue weighted by Gasteiger charge is 2.18. The Morgan fingerprint density at radius 3 is 1.64 bits per heavy atom. The van der Waals surface area contributed by atoms with E-state index in [0.29, 0.717) is 19.8 Å². The molecule has 0 aromatic heterocycles. The molecule has 0 rings (SSSR count). The molecule has 0 amide bonds. The van der Waals surface area contributed by atoms with Gasteiger partial charge < -0.3 is 23.8 Å². The van der Waals surface area contributed by atoms with Gasteiger partial charge in [-0.25, -0.2) is 0 Å². The Morgan fingerprint density at radius 2 is 1.15 bits per heavy atom. The van der Waals surface area contributed by atoms with E-state index in [4.69, 9.17) is 14.2 Å². The topological polar surface area (TPSA) is 47.9 Å². The molecule has 0 aliphatic heterocycles. The molecule has 200 valence electrons. The predicted molar refractivity (Wildman–Crippen MR) is 141 cm³/mol. The van der Waals surface area contributed by atoms with Crippen LogP contribution in [0.3, 0.4) is 0 Å². The van der Waals surface area contributed by atoms with Gasteiger partial charge in [0.05, 0.1) is 65.9 Å². The van der Waals surface area contributed by atoms with Crippen LogP contribution >= 0.6 is 0 Å². The highest BCUT2D eigenvalue weighted by atomic mass is 16.6. The van der Waals surface area contributed by atoms with E-state index in [1.165, 1.54) is 77.0 Å². The molecule has 33 heavy (non-hydrogen) atoms. The van der Waals surface area contributed by atoms with Crippen molar-refractivity contribution in [1.82, 2.24) is 0 Å². The van der Waals surface area contributed by atoms with Crippen molar-refractivity contribution in [2.75, 3.05) is 54.1 Å². The van der Waals surface area contributed by atoms with Crippen LogP contribution in [0.25, 0.3) is 0 Å². The lowest BCUT2D eigenvalue weighted by atomic mass is 10.0. The first-order chi connectivity index (χ1) is 15.8. The van der Waals surface area contributed by atoms with Gasteiger partial charge in [0.25, 0.3) is 0 Å². The van der Waals surface area contributed by atoms with Crippen LogP contribution in [-0.4, -0.2) is 82.0 Å². The normalized spacial score (nSPS) is 15.0. The fourth-order valence-corrected chi connectivity index (χ4v) is 3.93. The van der Waals surface area contributed by atoms with Crippen LogP contribution in [-0.2, 0) is 14.2 Å². The van der Waals surface area contributed by atoms with E-state index in [1.807, 2.05) is 13.8 Å². The number of nitrogens with zero attached hydrogens (tertiary/aromatic N) is 1. The van der Waals surface area contributed by atoms with Gasteiger partial charge in [0, 0.05) is 0 Å². The average Bonchev–Trinajstić information content (AvgIpc) is 2.74. The smallest absolute Gasteiger partial charge is 0.102 e. The SMILES string of the molecule is CCCCCCCCCCCCCCCC(OC(C)COCCOCC[N+](C)(C)C)C(C)O. The van der Waals surface area contributed by atoms with Gasteiger partial charge in [-0.15, -0.1) is 0 Å². The van der Waals surface area contributed by atoms with E-state index in [0.717, 1.165) is 30.5 Å². The summed E-state index contributed by atoms with van der Waals surface area (Å²) in [6, 6.07) is 0. The van der Waals surface area contributed by atoms with Gasteiger partial charge in [0.2, 0.25) is 0 Å². The maximum Gasteiger partial charge on any atom is 0.102 e. The van der Waals surface area contributed by atoms with Crippen LogP contribution in [0.5, 0.6) is 0 Å². The van der Waals surface area contributed by atoms with E-state index in [2.05, 4.69) is 28.1 Å². The van der Waals surface area contributed by atoms with Gasteiger partial charge in [-0.05, 0) is 20.3 Å². The molecule has 5 heteroatoms. The van der Waals surface area contributed by atoms with E-state index < -0.39 is 6.10 Å². The predicted octanol–water partition coefficient (Wildman–Crippen LogP) is 6.36. The largest absolute Gasteiger partial charge is 0.391 e. The highest BCUT2D eigenvalue weighted by molar-refractivity contribution is 4.67. The lowest BCUT2D eigenvalue weighted by Gasteiger charge is -2.25. The molecule has 0 aromatic carbocycles. The second kappa shape index (κ2) is 22.3. The zero-order valence-corrected chi connectivity index (χ0v) is 23.3. The summed E-state index contributed by atoms with van der Waals surface area (Å²) in [5.41, 5.74) is 0. The average molecular weight is 475 g/mol. The number of hydrogen-bond donors (Lipinski definition) is 1. The third-order valence-electron chi connectivity index (χ3n) is 6.17. The number of rotatable bonds is 25. The Bertz CT molecular complexity index is 398. The summed E-state index contributed by atoms with van der Waals surface area (Å²) in [4.78, 5) is 0. The summed E-state index contributed by atoms with van der Waals surface area (Å²) in [7, 11) is 6.49. The van der Waals surface area contributed by atoms with Crippen molar-refractivity contribution in [1.29, 1.82) is 0 Å². The zero-order valence-electron chi connectivity index (χ0n) is 23.3. The number of ether oxygens (including phenoxy) is 3. The van der Waals surface area contributed by atoms with Crippen molar-refractivity contribution in [2.45, 2.75) is 129 Å². The molecule has 5 nitrogen and oxygen atoms in total. The Morgan fingerprint density at radius 1 is 0.667 bits per heavy atom. The van der Waals surface area contributed by atoms with E-state index in [1.54, 1.807) is 0 Å². The Kier molecular flexibility index (Phi) is 22.1. The third kappa shape index (κ3) is 24.7. The first-order valence-electron chi connectivity index (χ1n) is 14.1. The van der Waals surface area contributed by atoms with Gasteiger partial charge in [-0.3, -0.25) is 0 Å². The van der Waals surface area contributed by atoms with Gasteiger partial charge >= 0.3 is 0 Å². The van der Waals surface area contributed by atoms with Crippen molar-refractivity contribution in [2.24, 2.45) is 0 Å². The van der Waals surface area contributed by atoms with Crippen LogP contribution in [0.15, 0.2) is 0 Å². The molecule has 1 N–H and O–H groups in total. The number of hydrogen-bond acceptors (Lipinski definition) is 4. The zero-order chi connectivity index (χ0) is 24.8. The first kappa shape index (κ1) is 32.8.